The van der Waals surface area contributed by atoms with Crippen LogP contribution in [-0.2, 0) is 11.3 Å². The van der Waals surface area contributed by atoms with E-state index < -0.39 is 0 Å². The minimum Gasteiger partial charge on any atom is -0.380 e. The maximum atomic E-state index is 5.75. The highest BCUT2D eigenvalue weighted by Gasteiger charge is 2.32. The van der Waals surface area contributed by atoms with Gasteiger partial charge in [0.15, 0.2) is 0 Å². The summed E-state index contributed by atoms with van der Waals surface area (Å²) in [5.41, 5.74) is 1.30. The van der Waals surface area contributed by atoms with Crippen molar-refractivity contribution in [3.05, 3.63) is 30.1 Å². The Morgan fingerprint density at radius 1 is 1.40 bits per heavy atom. The van der Waals surface area contributed by atoms with Crippen LogP contribution in [0, 0.1) is 5.92 Å². The molecule has 2 fully saturated rings. The van der Waals surface area contributed by atoms with Gasteiger partial charge in [-0.15, -0.1) is 24.8 Å². The minimum atomic E-state index is 0. The molecule has 1 aromatic heterocycles. The molecule has 0 saturated carbocycles. The second-order valence-electron chi connectivity index (χ2n) is 5.23. The lowest BCUT2D eigenvalue weighted by molar-refractivity contribution is 0.0991. The Balaban J connectivity index is 0.000001000. The fraction of sp³-hybridized carbons (Fsp3) is 0.643. The fourth-order valence-corrected chi connectivity index (χ4v) is 3.02. The van der Waals surface area contributed by atoms with Gasteiger partial charge in [-0.3, -0.25) is 9.88 Å². The number of nitrogens with zero attached hydrogens (tertiary/aromatic N) is 2. The quantitative estimate of drug-likeness (QED) is 0.901. The largest absolute Gasteiger partial charge is 0.380 e. The standard InChI is InChI=1S/C14H21N3O.2ClH/c1-2-12(8-15-4-1)10-17-6-7-18-11-13-3-5-16-9-14(13)17;;/h1-2,4,8,13-14,16H,3,5-7,9-11H2;2*1H. The molecule has 0 bridgehead atoms. The smallest absolute Gasteiger partial charge is 0.0593 e. The molecule has 2 saturated heterocycles. The Morgan fingerprint density at radius 3 is 3.10 bits per heavy atom. The topological polar surface area (TPSA) is 37.4 Å². The Bertz CT molecular complexity index is 380. The molecule has 0 radical (unpaired) electrons. The highest BCUT2D eigenvalue weighted by molar-refractivity contribution is 5.85. The van der Waals surface area contributed by atoms with Crippen LogP contribution in [0.5, 0.6) is 0 Å². The van der Waals surface area contributed by atoms with Gasteiger partial charge in [0.25, 0.3) is 0 Å². The molecule has 0 amide bonds. The van der Waals surface area contributed by atoms with Gasteiger partial charge in [0.2, 0.25) is 0 Å². The molecule has 3 rings (SSSR count). The van der Waals surface area contributed by atoms with Gasteiger partial charge in [0, 0.05) is 44.0 Å². The van der Waals surface area contributed by atoms with E-state index in [0.29, 0.717) is 12.0 Å². The summed E-state index contributed by atoms with van der Waals surface area (Å²) in [6.45, 7) is 6.01. The number of pyridine rings is 1. The number of nitrogens with one attached hydrogen (secondary N) is 1. The predicted molar refractivity (Wildman–Crippen MR) is 84.7 cm³/mol. The summed E-state index contributed by atoms with van der Waals surface area (Å²) in [6.07, 6.45) is 5.03. The predicted octanol–water partition coefficient (Wildman–Crippen LogP) is 1.74. The Morgan fingerprint density at radius 2 is 2.30 bits per heavy atom. The zero-order chi connectivity index (χ0) is 12.2. The van der Waals surface area contributed by atoms with Gasteiger partial charge in [0.05, 0.1) is 13.2 Å². The summed E-state index contributed by atoms with van der Waals surface area (Å²) in [6, 6.07) is 4.78. The lowest BCUT2D eigenvalue weighted by Gasteiger charge is -2.37. The van der Waals surface area contributed by atoms with Crippen LogP contribution in [0.3, 0.4) is 0 Å². The summed E-state index contributed by atoms with van der Waals surface area (Å²) >= 11 is 0. The molecule has 0 aliphatic carbocycles. The monoisotopic (exact) mass is 319 g/mol. The number of hydrogen-bond acceptors (Lipinski definition) is 4. The van der Waals surface area contributed by atoms with Crippen molar-refractivity contribution >= 4 is 24.8 Å². The Labute approximate surface area is 133 Å². The molecule has 0 spiro atoms. The van der Waals surface area contributed by atoms with Gasteiger partial charge in [-0.2, -0.15) is 0 Å². The molecule has 20 heavy (non-hydrogen) atoms. The maximum Gasteiger partial charge on any atom is 0.0593 e. The van der Waals surface area contributed by atoms with Crippen LogP contribution < -0.4 is 5.32 Å². The second-order valence-corrected chi connectivity index (χ2v) is 5.23. The third-order valence-corrected chi connectivity index (χ3v) is 4.02. The van der Waals surface area contributed by atoms with E-state index in [9.17, 15) is 0 Å². The lowest BCUT2D eigenvalue weighted by Crippen LogP contribution is -2.51. The van der Waals surface area contributed by atoms with E-state index in [0.717, 1.165) is 39.4 Å². The van der Waals surface area contributed by atoms with Gasteiger partial charge in [-0.05, 0) is 24.6 Å². The summed E-state index contributed by atoms with van der Waals surface area (Å²) in [4.78, 5) is 6.76. The van der Waals surface area contributed by atoms with E-state index in [4.69, 9.17) is 4.74 Å². The average Bonchev–Trinajstić information content (AvgIpc) is 2.63. The fourth-order valence-electron chi connectivity index (χ4n) is 3.02. The van der Waals surface area contributed by atoms with Crippen molar-refractivity contribution in [3.8, 4) is 0 Å². The lowest BCUT2D eigenvalue weighted by atomic mass is 9.92. The third kappa shape index (κ3) is 4.30. The van der Waals surface area contributed by atoms with Crippen molar-refractivity contribution in [3.63, 3.8) is 0 Å². The first-order valence-corrected chi connectivity index (χ1v) is 6.85. The summed E-state index contributed by atoms with van der Waals surface area (Å²) in [5.74, 6) is 0.686. The van der Waals surface area contributed by atoms with E-state index >= 15 is 0 Å². The number of hydrogen-bond donors (Lipinski definition) is 1. The first-order chi connectivity index (χ1) is 8.93. The van der Waals surface area contributed by atoms with Crippen LogP contribution in [0.15, 0.2) is 24.5 Å². The molecule has 2 unspecified atom stereocenters. The molecular formula is C14H23Cl2N3O. The van der Waals surface area contributed by atoms with Crippen molar-refractivity contribution in [2.45, 2.75) is 19.0 Å². The van der Waals surface area contributed by atoms with Crippen molar-refractivity contribution in [1.82, 2.24) is 15.2 Å². The first kappa shape index (κ1) is 17.7. The zero-order valence-electron chi connectivity index (χ0n) is 11.5. The second kappa shape index (κ2) is 8.80. The molecule has 114 valence electrons. The van der Waals surface area contributed by atoms with Gasteiger partial charge in [-0.25, -0.2) is 0 Å². The van der Waals surface area contributed by atoms with E-state index in [2.05, 4.69) is 21.3 Å². The SMILES string of the molecule is Cl.Cl.c1cncc(CN2CCOCC3CCNCC32)c1. The van der Waals surface area contributed by atoms with Crippen LogP contribution in [0.2, 0.25) is 0 Å². The molecule has 1 N–H and O–H groups in total. The highest BCUT2D eigenvalue weighted by Crippen LogP contribution is 2.22. The van der Waals surface area contributed by atoms with Crippen molar-refractivity contribution in [2.24, 2.45) is 5.92 Å². The van der Waals surface area contributed by atoms with Crippen molar-refractivity contribution in [1.29, 1.82) is 0 Å². The number of fused-ring (bicyclic) bond motifs is 1. The van der Waals surface area contributed by atoms with Crippen molar-refractivity contribution in [2.75, 3.05) is 32.8 Å². The molecule has 2 aliphatic rings. The average molecular weight is 320 g/mol. The van der Waals surface area contributed by atoms with Gasteiger partial charge >= 0.3 is 0 Å². The maximum absolute atomic E-state index is 5.75. The minimum absolute atomic E-state index is 0. The number of ether oxygens (including phenoxy) is 1. The van der Waals surface area contributed by atoms with E-state index in [1.807, 2.05) is 18.5 Å². The van der Waals surface area contributed by atoms with Crippen LogP contribution in [-0.4, -0.2) is 48.8 Å². The van der Waals surface area contributed by atoms with E-state index in [-0.39, 0.29) is 24.8 Å². The van der Waals surface area contributed by atoms with Crippen LogP contribution in [0.1, 0.15) is 12.0 Å². The number of rotatable bonds is 2. The van der Waals surface area contributed by atoms with Crippen LogP contribution in [0.25, 0.3) is 0 Å². The molecule has 6 heteroatoms. The summed E-state index contributed by atoms with van der Waals surface area (Å²) in [7, 11) is 0. The molecule has 4 nitrogen and oxygen atoms in total. The molecule has 3 heterocycles. The van der Waals surface area contributed by atoms with Crippen molar-refractivity contribution < 1.29 is 4.74 Å². The molecule has 2 atom stereocenters. The first-order valence-electron chi connectivity index (χ1n) is 6.85. The van der Waals surface area contributed by atoms with Gasteiger partial charge in [-0.1, -0.05) is 6.07 Å². The van der Waals surface area contributed by atoms with E-state index in [1.165, 1.54) is 12.0 Å². The third-order valence-electron chi connectivity index (χ3n) is 4.02. The summed E-state index contributed by atoms with van der Waals surface area (Å²) in [5, 5.41) is 3.51. The molecule has 1 aromatic rings. The van der Waals surface area contributed by atoms with Crippen LogP contribution in [0.4, 0.5) is 0 Å². The molecule has 2 aliphatic heterocycles. The highest BCUT2D eigenvalue weighted by atomic mass is 35.5. The summed E-state index contributed by atoms with van der Waals surface area (Å²) < 4.78 is 5.75. The number of piperidine rings is 1. The zero-order valence-corrected chi connectivity index (χ0v) is 13.2. The van der Waals surface area contributed by atoms with Gasteiger partial charge < -0.3 is 10.1 Å². The number of halogens is 2. The van der Waals surface area contributed by atoms with E-state index in [1.54, 1.807) is 0 Å². The number of aromatic nitrogens is 1. The Hall–Kier alpha value is -0.390. The molecular weight excluding hydrogens is 297 g/mol. The normalized spacial score (nSPS) is 26.6. The molecule has 0 aromatic carbocycles. The Kier molecular flexibility index (Phi) is 7.77. The van der Waals surface area contributed by atoms with Gasteiger partial charge in [0.1, 0.15) is 0 Å². The van der Waals surface area contributed by atoms with Crippen LogP contribution >= 0.6 is 24.8 Å².